The molecule has 4 aromatic rings. The molecule has 1 unspecified atom stereocenters. The summed E-state index contributed by atoms with van der Waals surface area (Å²) in [5, 5.41) is 10.6. The normalized spacial score (nSPS) is 17.2. The van der Waals surface area contributed by atoms with Crippen LogP contribution in [0.1, 0.15) is 44.1 Å². The molecule has 9 nitrogen and oxygen atoms in total. The first-order valence-corrected chi connectivity index (χ1v) is 15.4. The van der Waals surface area contributed by atoms with Crippen molar-refractivity contribution in [3.05, 3.63) is 89.7 Å². The number of hydrogen-bond acceptors (Lipinski definition) is 7. The summed E-state index contributed by atoms with van der Waals surface area (Å²) < 4.78 is 13.8. The lowest BCUT2D eigenvalue weighted by atomic mass is 9.84. The number of amides is 1. The highest BCUT2D eigenvalue weighted by Crippen LogP contribution is 2.31. The van der Waals surface area contributed by atoms with E-state index in [-0.39, 0.29) is 12.0 Å². The Kier molecular flexibility index (Phi) is 9.28. The number of hydrogen-bond donors (Lipinski definition) is 3. The van der Waals surface area contributed by atoms with Crippen LogP contribution in [0.3, 0.4) is 0 Å². The van der Waals surface area contributed by atoms with Gasteiger partial charge in [-0.1, -0.05) is 68.0 Å². The van der Waals surface area contributed by atoms with Gasteiger partial charge in [0.15, 0.2) is 11.5 Å². The number of anilines is 2. The van der Waals surface area contributed by atoms with Gasteiger partial charge < -0.3 is 30.0 Å². The third-order valence-electron chi connectivity index (χ3n) is 7.93. The van der Waals surface area contributed by atoms with Crippen LogP contribution in [0.15, 0.2) is 79.1 Å². The molecule has 3 heterocycles. The molecule has 1 amide bonds. The van der Waals surface area contributed by atoms with Crippen molar-refractivity contribution in [2.75, 3.05) is 23.8 Å². The van der Waals surface area contributed by atoms with Gasteiger partial charge in [0.2, 0.25) is 11.9 Å². The topological polar surface area (TPSA) is 102 Å². The van der Waals surface area contributed by atoms with Crippen LogP contribution in [0.4, 0.5) is 11.8 Å². The van der Waals surface area contributed by atoms with Gasteiger partial charge in [0.05, 0.1) is 6.54 Å². The fourth-order valence-electron chi connectivity index (χ4n) is 5.70. The number of aromatic nitrogens is 3. The van der Waals surface area contributed by atoms with Crippen LogP contribution in [0.5, 0.6) is 11.5 Å². The Morgan fingerprint density at radius 2 is 1.79 bits per heavy atom. The molecule has 0 radical (unpaired) electrons. The minimum Gasteiger partial charge on any atom is -0.486 e. The van der Waals surface area contributed by atoms with E-state index >= 15 is 0 Å². The first kappa shape index (κ1) is 28.9. The second-order valence-electron chi connectivity index (χ2n) is 11.2. The third kappa shape index (κ3) is 7.78. The average molecular weight is 601 g/mol. The standard InChI is InChI=1S/C33H37ClN6O3/c34-25-12-8-11-24(17-25)20-36-33-38-30(19-31(39-33)40-15-6-7-16-40)37-27(18-23-9-2-1-3-10-23)32(41)35-21-26-22-42-28-13-4-5-14-29(28)43-26/h4-8,11-17,19,23,26-27H,1-3,9-10,18,20-22H2,(H,35,41)(H2,36,37,38,39)/t26?,27-/m1/s1. The van der Waals surface area contributed by atoms with Gasteiger partial charge >= 0.3 is 0 Å². The van der Waals surface area contributed by atoms with E-state index in [9.17, 15) is 4.79 Å². The van der Waals surface area contributed by atoms with Crippen molar-refractivity contribution in [1.29, 1.82) is 0 Å². The summed E-state index contributed by atoms with van der Waals surface area (Å²) in [7, 11) is 0. The maximum absolute atomic E-state index is 13.7. The summed E-state index contributed by atoms with van der Waals surface area (Å²) in [6, 6.07) is 20.6. The summed E-state index contributed by atoms with van der Waals surface area (Å²) in [5.41, 5.74) is 1.02. The van der Waals surface area contributed by atoms with E-state index in [0.717, 1.165) is 30.6 Å². The quantitative estimate of drug-likeness (QED) is 0.187. The molecular weight excluding hydrogens is 564 g/mol. The molecule has 2 aromatic carbocycles. The fourth-order valence-corrected chi connectivity index (χ4v) is 5.92. The molecule has 10 heteroatoms. The van der Waals surface area contributed by atoms with Gasteiger partial charge in [-0.15, -0.1) is 0 Å². The molecular formula is C33H37ClN6O3. The molecule has 3 N–H and O–H groups in total. The molecule has 224 valence electrons. The van der Waals surface area contributed by atoms with E-state index in [1.807, 2.05) is 83.7 Å². The predicted octanol–water partition coefficient (Wildman–Crippen LogP) is 6.24. The van der Waals surface area contributed by atoms with Crippen molar-refractivity contribution in [1.82, 2.24) is 19.9 Å². The number of rotatable bonds is 11. The summed E-state index contributed by atoms with van der Waals surface area (Å²) in [4.78, 5) is 23.2. The smallest absolute Gasteiger partial charge is 0.242 e. The Hall–Kier alpha value is -4.24. The second kappa shape index (κ2) is 13.8. The highest BCUT2D eigenvalue weighted by molar-refractivity contribution is 6.30. The lowest BCUT2D eigenvalue weighted by Crippen LogP contribution is -2.47. The van der Waals surface area contributed by atoms with Crippen LogP contribution >= 0.6 is 11.6 Å². The van der Waals surface area contributed by atoms with Crippen LogP contribution in [0.2, 0.25) is 5.02 Å². The van der Waals surface area contributed by atoms with Crippen LogP contribution in [0, 0.1) is 5.92 Å². The number of carbonyl (C=O) groups is 1. The minimum atomic E-state index is -0.465. The Bertz CT molecular complexity index is 1510. The molecule has 0 saturated heterocycles. The van der Waals surface area contributed by atoms with Crippen LogP contribution in [-0.4, -0.2) is 45.7 Å². The van der Waals surface area contributed by atoms with Crippen molar-refractivity contribution in [2.45, 2.75) is 57.2 Å². The fraction of sp³-hybridized carbons (Fsp3) is 0.364. The number of benzene rings is 2. The Labute approximate surface area is 257 Å². The van der Waals surface area contributed by atoms with Crippen LogP contribution < -0.4 is 25.4 Å². The number of nitrogens with zero attached hydrogens (tertiary/aromatic N) is 3. The Balaban J connectivity index is 1.19. The van der Waals surface area contributed by atoms with E-state index < -0.39 is 6.04 Å². The Morgan fingerprint density at radius 3 is 2.60 bits per heavy atom. The SMILES string of the molecule is O=C(NCC1COc2ccccc2O1)[C@@H](CC1CCCCC1)Nc1cc(-n2cccc2)nc(NCc2cccc(Cl)c2)n1. The summed E-state index contributed by atoms with van der Waals surface area (Å²) >= 11 is 6.18. The van der Waals surface area contributed by atoms with Crippen LogP contribution in [-0.2, 0) is 11.3 Å². The molecule has 2 aromatic heterocycles. The summed E-state index contributed by atoms with van der Waals surface area (Å²) in [6.45, 7) is 1.24. The van der Waals surface area contributed by atoms with Gasteiger partial charge in [-0.2, -0.15) is 9.97 Å². The zero-order valence-electron chi connectivity index (χ0n) is 24.0. The predicted molar refractivity (Wildman–Crippen MR) is 168 cm³/mol. The number of para-hydroxylation sites is 2. The Morgan fingerprint density at radius 1 is 0.977 bits per heavy atom. The van der Waals surface area contributed by atoms with E-state index in [1.54, 1.807) is 0 Å². The maximum Gasteiger partial charge on any atom is 0.242 e. The van der Waals surface area contributed by atoms with E-state index in [0.29, 0.717) is 54.0 Å². The molecule has 1 fully saturated rings. The van der Waals surface area contributed by atoms with Gasteiger partial charge in [-0.3, -0.25) is 4.79 Å². The molecule has 2 atom stereocenters. The molecule has 0 spiro atoms. The lowest BCUT2D eigenvalue weighted by Gasteiger charge is -2.29. The zero-order chi connectivity index (χ0) is 29.4. The average Bonchev–Trinajstić information content (AvgIpc) is 3.58. The number of ether oxygens (including phenoxy) is 2. The number of fused-ring (bicyclic) bond motifs is 1. The van der Waals surface area contributed by atoms with Crippen molar-refractivity contribution >= 4 is 29.3 Å². The van der Waals surface area contributed by atoms with Gasteiger partial charge in [-0.05, 0) is 54.3 Å². The first-order valence-electron chi connectivity index (χ1n) is 15.0. The number of carbonyl (C=O) groups excluding carboxylic acids is 1. The maximum atomic E-state index is 13.7. The molecule has 1 saturated carbocycles. The van der Waals surface area contributed by atoms with Gasteiger partial charge in [0.1, 0.15) is 30.4 Å². The van der Waals surface area contributed by atoms with Gasteiger partial charge in [-0.25, -0.2) is 0 Å². The van der Waals surface area contributed by atoms with Crippen molar-refractivity contribution in [3.8, 4) is 17.3 Å². The summed E-state index contributed by atoms with van der Waals surface area (Å²) in [5.74, 6) is 3.54. The number of halogens is 1. The van der Waals surface area contributed by atoms with Crippen LogP contribution in [0.25, 0.3) is 5.82 Å². The van der Waals surface area contributed by atoms with E-state index in [2.05, 4.69) is 16.0 Å². The largest absolute Gasteiger partial charge is 0.486 e. The molecule has 1 aliphatic carbocycles. The van der Waals surface area contributed by atoms with Gasteiger partial charge in [0.25, 0.3) is 0 Å². The molecule has 0 bridgehead atoms. The zero-order valence-corrected chi connectivity index (χ0v) is 24.8. The monoisotopic (exact) mass is 600 g/mol. The van der Waals surface area contributed by atoms with Gasteiger partial charge in [0, 0.05) is 30.0 Å². The molecule has 2 aliphatic rings. The van der Waals surface area contributed by atoms with E-state index in [4.69, 9.17) is 31.0 Å². The third-order valence-corrected chi connectivity index (χ3v) is 8.16. The number of nitrogens with one attached hydrogen (secondary N) is 3. The first-order chi connectivity index (χ1) is 21.1. The molecule has 43 heavy (non-hydrogen) atoms. The summed E-state index contributed by atoms with van der Waals surface area (Å²) in [6.07, 6.45) is 10.3. The highest BCUT2D eigenvalue weighted by atomic mass is 35.5. The molecule has 1 aliphatic heterocycles. The highest BCUT2D eigenvalue weighted by Gasteiger charge is 2.27. The van der Waals surface area contributed by atoms with Crippen molar-refractivity contribution in [3.63, 3.8) is 0 Å². The molecule has 6 rings (SSSR count). The second-order valence-corrected chi connectivity index (χ2v) is 11.6. The van der Waals surface area contributed by atoms with E-state index in [1.165, 1.54) is 19.3 Å². The van der Waals surface area contributed by atoms with Crippen molar-refractivity contribution in [2.24, 2.45) is 5.92 Å². The lowest BCUT2D eigenvalue weighted by molar-refractivity contribution is -0.122. The minimum absolute atomic E-state index is 0.0809. The van der Waals surface area contributed by atoms with Crippen molar-refractivity contribution < 1.29 is 14.3 Å².